The molecule has 0 aliphatic carbocycles. The number of hydrogen-bond acceptors (Lipinski definition) is 4. The van der Waals surface area contributed by atoms with Gasteiger partial charge in [-0.05, 0) is 42.0 Å². The topological polar surface area (TPSA) is 80.3 Å². The van der Waals surface area contributed by atoms with Gasteiger partial charge in [-0.3, -0.25) is 14.6 Å². The molecule has 0 aliphatic rings. The van der Waals surface area contributed by atoms with Gasteiger partial charge in [0.25, 0.3) is 11.8 Å². The molecule has 1 heterocycles. The average molecular weight is 313 g/mol. The minimum atomic E-state index is -0.189. The monoisotopic (exact) mass is 313 g/mol. The predicted molar refractivity (Wildman–Crippen MR) is 86.1 cm³/mol. The fourth-order valence-corrected chi connectivity index (χ4v) is 1.93. The van der Waals surface area contributed by atoms with Crippen LogP contribution in [0.1, 0.15) is 26.3 Å². The number of carbonyl (C=O) groups is 2. The summed E-state index contributed by atoms with van der Waals surface area (Å²) in [5.41, 5.74) is 1.99. The third kappa shape index (κ3) is 5.19. The van der Waals surface area contributed by atoms with Crippen molar-refractivity contribution in [2.75, 3.05) is 20.3 Å². The number of nitrogens with one attached hydrogen (secondary N) is 2. The summed E-state index contributed by atoms with van der Waals surface area (Å²) >= 11 is 0. The molecule has 0 fully saturated rings. The first-order chi connectivity index (χ1) is 11.2. The van der Waals surface area contributed by atoms with Crippen LogP contribution >= 0.6 is 0 Å². The Labute approximate surface area is 134 Å². The van der Waals surface area contributed by atoms with E-state index in [1.54, 1.807) is 43.8 Å². The highest BCUT2D eigenvalue weighted by Gasteiger charge is 2.08. The molecule has 0 unspecified atom stereocenters. The van der Waals surface area contributed by atoms with Gasteiger partial charge >= 0.3 is 0 Å². The van der Waals surface area contributed by atoms with Crippen LogP contribution < -0.4 is 10.6 Å². The summed E-state index contributed by atoms with van der Waals surface area (Å²) in [6.45, 7) is 1.34. The fourth-order valence-electron chi connectivity index (χ4n) is 1.93. The van der Waals surface area contributed by atoms with E-state index in [4.69, 9.17) is 4.74 Å². The van der Waals surface area contributed by atoms with Crippen molar-refractivity contribution < 1.29 is 14.3 Å². The molecule has 6 nitrogen and oxygen atoms in total. The largest absolute Gasteiger partial charge is 0.383 e. The molecule has 6 heteroatoms. The van der Waals surface area contributed by atoms with Gasteiger partial charge in [-0.15, -0.1) is 0 Å². The van der Waals surface area contributed by atoms with Crippen LogP contribution in [-0.2, 0) is 11.3 Å². The summed E-state index contributed by atoms with van der Waals surface area (Å²) < 4.78 is 4.87. The highest BCUT2D eigenvalue weighted by atomic mass is 16.5. The number of aromatic nitrogens is 1. The number of methoxy groups -OCH3 is 1. The number of amides is 2. The Morgan fingerprint density at radius 2 is 1.52 bits per heavy atom. The average Bonchev–Trinajstić information content (AvgIpc) is 2.61. The Morgan fingerprint density at radius 3 is 2.09 bits per heavy atom. The molecule has 1 aromatic carbocycles. The van der Waals surface area contributed by atoms with Crippen LogP contribution in [0.5, 0.6) is 0 Å². The molecule has 120 valence electrons. The van der Waals surface area contributed by atoms with E-state index < -0.39 is 0 Å². The number of pyridine rings is 1. The molecule has 0 radical (unpaired) electrons. The molecular formula is C17H19N3O3. The molecule has 0 atom stereocenters. The zero-order valence-corrected chi connectivity index (χ0v) is 12.9. The molecule has 0 saturated heterocycles. The van der Waals surface area contributed by atoms with E-state index in [9.17, 15) is 9.59 Å². The van der Waals surface area contributed by atoms with E-state index in [1.165, 1.54) is 0 Å². The van der Waals surface area contributed by atoms with Crippen molar-refractivity contribution in [1.29, 1.82) is 0 Å². The maximum atomic E-state index is 12.1. The summed E-state index contributed by atoms with van der Waals surface area (Å²) in [5, 5.41) is 5.55. The molecule has 0 spiro atoms. The summed E-state index contributed by atoms with van der Waals surface area (Å²) in [5.74, 6) is -0.376. The molecule has 23 heavy (non-hydrogen) atoms. The van der Waals surface area contributed by atoms with Gasteiger partial charge in [-0.2, -0.15) is 0 Å². The molecule has 0 saturated carbocycles. The first-order valence-electron chi connectivity index (χ1n) is 7.25. The quantitative estimate of drug-likeness (QED) is 0.757. The lowest BCUT2D eigenvalue weighted by molar-refractivity contribution is 0.0930. The third-order valence-electron chi connectivity index (χ3n) is 3.20. The predicted octanol–water partition coefficient (Wildman–Crippen LogP) is 1.39. The van der Waals surface area contributed by atoms with Crippen molar-refractivity contribution in [3.05, 3.63) is 65.5 Å². The van der Waals surface area contributed by atoms with E-state index >= 15 is 0 Å². The Kier molecular flexibility index (Phi) is 6.26. The summed E-state index contributed by atoms with van der Waals surface area (Å²) in [6, 6.07) is 10.2. The lowest BCUT2D eigenvalue weighted by Gasteiger charge is -2.07. The highest BCUT2D eigenvalue weighted by molar-refractivity contribution is 5.97. The molecule has 2 aromatic rings. The number of nitrogens with zero attached hydrogens (tertiary/aromatic N) is 1. The minimum absolute atomic E-state index is 0.187. The molecule has 2 amide bonds. The SMILES string of the molecule is COCCNC(=O)c1ccc(C(=O)NCc2ccncc2)cc1. The highest BCUT2D eigenvalue weighted by Crippen LogP contribution is 2.05. The van der Waals surface area contributed by atoms with Crippen LogP contribution in [0.15, 0.2) is 48.8 Å². The van der Waals surface area contributed by atoms with Crippen LogP contribution in [0.4, 0.5) is 0 Å². The summed E-state index contributed by atoms with van der Waals surface area (Å²) in [6.07, 6.45) is 3.36. The fraction of sp³-hybridized carbons (Fsp3) is 0.235. The van der Waals surface area contributed by atoms with E-state index in [0.29, 0.717) is 30.8 Å². The summed E-state index contributed by atoms with van der Waals surface area (Å²) in [7, 11) is 1.57. The van der Waals surface area contributed by atoms with Gasteiger partial charge in [0.1, 0.15) is 0 Å². The van der Waals surface area contributed by atoms with Gasteiger partial charge in [-0.1, -0.05) is 0 Å². The molecule has 1 aromatic heterocycles. The number of hydrogen-bond donors (Lipinski definition) is 2. The van der Waals surface area contributed by atoms with Gasteiger partial charge in [0, 0.05) is 43.7 Å². The van der Waals surface area contributed by atoms with E-state index in [1.807, 2.05) is 12.1 Å². The molecule has 2 N–H and O–H groups in total. The van der Waals surface area contributed by atoms with E-state index in [2.05, 4.69) is 15.6 Å². The smallest absolute Gasteiger partial charge is 0.251 e. The van der Waals surface area contributed by atoms with Crippen molar-refractivity contribution in [3.8, 4) is 0 Å². The lowest BCUT2D eigenvalue weighted by atomic mass is 10.1. The standard InChI is InChI=1S/C17H19N3O3/c1-23-11-10-19-16(21)14-2-4-15(5-3-14)17(22)20-12-13-6-8-18-9-7-13/h2-9H,10-12H2,1H3,(H,19,21)(H,20,22). The van der Waals surface area contributed by atoms with Crippen LogP contribution in [0.25, 0.3) is 0 Å². The maximum absolute atomic E-state index is 12.1. The Bertz CT molecular complexity index is 642. The van der Waals surface area contributed by atoms with Gasteiger partial charge in [0.05, 0.1) is 6.61 Å². The third-order valence-corrected chi connectivity index (χ3v) is 3.20. The van der Waals surface area contributed by atoms with Crippen molar-refractivity contribution in [3.63, 3.8) is 0 Å². The van der Waals surface area contributed by atoms with Crippen molar-refractivity contribution in [1.82, 2.24) is 15.6 Å². The van der Waals surface area contributed by atoms with E-state index in [-0.39, 0.29) is 11.8 Å². The second-order valence-corrected chi connectivity index (χ2v) is 4.86. The van der Waals surface area contributed by atoms with Gasteiger partial charge in [-0.25, -0.2) is 0 Å². The first kappa shape index (κ1) is 16.6. The van der Waals surface area contributed by atoms with Crippen molar-refractivity contribution in [2.45, 2.75) is 6.54 Å². The second-order valence-electron chi connectivity index (χ2n) is 4.86. The molecule has 0 aliphatic heterocycles. The Balaban J connectivity index is 1.88. The van der Waals surface area contributed by atoms with E-state index in [0.717, 1.165) is 5.56 Å². The zero-order chi connectivity index (χ0) is 16.5. The Hall–Kier alpha value is -2.73. The normalized spacial score (nSPS) is 10.1. The number of ether oxygens (including phenoxy) is 1. The first-order valence-corrected chi connectivity index (χ1v) is 7.25. The van der Waals surface area contributed by atoms with Gasteiger partial charge < -0.3 is 15.4 Å². The molecular weight excluding hydrogens is 294 g/mol. The second kappa shape index (κ2) is 8.65. The maximum Gasteiger partial charge on any atom is 0.251 e. The van der Waals surface area contributed by atoms with Gasteiger partial charge in [0.15, 0.2) is 0 Å². The minimum Gasteiger partial charge on any atom is -0.383 e. The lowest BCUT2D eigenvalue weighted by Crippen LogP contribution is -2.27. The van der Waals surface area contributed by atoms with Crippen LogP contribution in [-0.4, -0.2) is 37.1 Å². The molecule has 2 rings (SSSR count). The van der Waals surface area contributed by atoms with Gasteiger partial charge in [0.2, 0.25) is 0 Å². The summed E-state index contributed by atoms with van der Waals surface area (Å²) in [4.78, 5) is 27.8. The van der Waals surface area contributed by atoms with Crippen molar-refractivity contribution >= 4 is 11.8 Å². The Morgan fingerprint density at radius 1 is 0.957 bits per heavy atom. The van der Waals surface area contributed by atoms with Crippen LogP contribution in [0.2, 0.25) is 0 Å². The van der Waals surface area contributed by atoms with Crippen LogP contribution in [0, 0.1) is 0 Å². The number of benzene rings is 1. The number of rotatable bonds is 7. The zero-order valence-electron chi connectivity index (χ0n) is 12.9. The number of carbonyl (C=O) groups excluding carboxylic acids is 2. The van der Waals surface area contributed by atoms with Crippen molar-refractivity contribution in [2.24, 2.45) is 0 Å². The van der Waals surface area contributed by atoms with Crippen LogP contribution in [0.3, 0.4) is 0 Å². The molecule has 0 bridgehead atoms.